The Balaban J connectivity index is 1.88. The molecule has 9 nitrogen and oxygen atoms in total. The maximum absolute atomic E-state index is 11.8. The SMILES string of the molecule is CCOc1cc(C=NNC(=O)COc2ccc([N+](=O)[O-])cc2Br)ccc1O. The maximum atomic E-state index is 11.8. The summed E-state index contributed by atoms with van der Waals surface area (Å²) in [4.78, 5) is 21.9. The minimum Gasteiger partial charge on any atom is -0.504 e. The highest BCUT2D eigenvalue weighted by Crippen LogP contribution is 2.29. The van der Waals surface area contributed by atoms with E-state index in [2.05, 4.69) is 26.5 Å². The number of carbonyl (C=O) groups excluding carboxylic acids is 1. The highest BCUT2D eigenvalue weighted by molar-refractivity contribution is 9.10. The smallest absolute Gasteiger partial charge is 0.277 e. The lowest BCUT2D eigenvalue weighted by Gasteiger charge is -2.07. The fraction of sp³-hybridized carbons (Fsp3) is 0.176. The molecule has 0 aliphatic carbocycles. The summed E-state index contributed by atoms with van der Waals surface area (Å²) in [5.74, 6) is 0.110. The zero-order chi connectivity index (χ0) is 19.8. The van der Waals surface area contributed by atoms with Gasteiger partial charge in [0, 0.05) is 12.1 Å². The highest BCUT2D eigenvalue weighted by atomic mass is 79.9. The van der Waals surface area contributed by atoms with Gasteiger partial charge in [0.15, 0.2) is 18.1 Å². The third-order valence-electron chi connectivity index (χ3n) is 3.17. The molecule has 2 rings (SSSR count). The van der Waals surface area contributed by atoms with Crippen LogP contribution in [0.2, 0.25) is 0 Å². The number of amides is 1. The van der Waals surface area contributed by atoms with Crippen molar-refractivity contribution < 1.29 is 24.3 Å². The number of nitro benzene ring substituents is 1. The van der Waals surface area contributed by atoms with Crippen LogP contribution in [0.25, 0.3) is 0 Å². The first-order chi connectivity index (χ1) is 12.9. The van der Waals surface area contributed by atoms with Crippen LogP contribution in [-0.2, 0) is 4.79 Å². The summed E-state index contributed by atoms with van der Waals surface area (Å²) in [6.45, 7) is 1.87. The largest absolute Gasteiger partial charge is 0.504 e. The molecule has 2 aromatic rings. The number of nitrogens with one attached hydrogen (secondary N) is 1. The van der Waals surface area contributed by atoms with Gasteiger partial charge in [0.25, 0.3) is 11.6 Å². The third kappa shape index (κ3) is 5.96. The van der Waals surface area contributed by atoms with Crippen LogP contribution < -0.4 is 14.9 Å². The van der Waals surface area contributed by atoms with Crippen LogP contribution in [0.4, 0.5) is 5.69 Å². The topological polar surface area (TPSA) is 123 Å². The van der Waals surface area contributed by atoms with Crippen molar-refractivity contribution >= 4 is 33.7 Å². The average Bonchev–Trinajstić information content (AvgIpc) is 2.63. The van der Waals surface area contributed by atoms with E-state index in [4.69, 9.17) is 9.47 Å². The van der Waals surface area contributed by atoms with Crippen LogP contribution in [0.5, 0.6) is 17.2 Å². The number of non-ortho nitro benzene ring substituents is 1. The van der Waals surface area contributed by atoms with Gasteiger partial charge in [-0.05, 0) is 52.7 Å². The summed E-state index contributed by atoms with van der Waals surface area (Å²) in [5.41, 5.74) is 2.82. The second-order valence-corrected chi connectivity index (χ2v) is 5.97. The minimum absolute atomic E-state index is 0.0140. The Morgan fingerprint density at radius 3 is 2.74 bits per heavy atom. The summed E-state index contributed by atoms with van der Waals surface area (Å²) in [5, 5.41) is 24.1. The number of hydrogen-bond donors (Lipinski definition) is 2. The van der Waals surface area contributed by atoms with E-state index in [0.29, 0.717) is 28.1 Å². The van der Waals surface area contributed by atoms with Crippen molar-refractivity contribution in [2.75, 3.05) is 13.2 Å². The second-order valence-electron chi connectivity index (χ2n) is 5.11. The Hall–Kier alpha value is -3.14. The molecule has 0 heterocycles. The molecule has 2 N–H and O–H groups in total. The van der Waals surface area contributed by atoms with Gasteiger partial charge in [-0.1, -0.05) is 0 Å². The van der Waals surface area contributed by atoms with Crippen molar-refractivity contribution in [3.05, 3.63) is 56.5 Å². The van der Waals surface area contributed by atoms with E-state index in [1.807, 2.05) is 0 Å². The van der Waals surface area contributed by atoms with Crippen molar-refractivity contribution in [1.82, 2.24) is 5.43 Å². The van der Waals surface area contributed by atoms with Crippen molar-refractivity contribution in [2.24, 2.45) is 5.10 Å². The first-order valence-electron chi connectivity index (χ1n) is 7.75. The molecule has 0 radical (unpaired) electrons. The van der Waals surface area contributed by atoms with E-state index >= 15 is 0 Å². The molecule has 0 saturated carbocycles. The summed E-state index contributed by atoms with van der Waals surface area (Å²) in [6.07, 6.45) is 1.39. The van der Waals surface area contributed by atoms with E-state index in [1.54, 1.807) is 19.1 Å². The highest BCUT2D eigenvalue weighted by Gasteiger charge is 2.11. The average molecular weight is 438 g/mol. The van der Waals surface area contributed by atoms with Crippen LogP contribution in [0.1, 0.15) is 12.5 Å². The lowest BCUT2D eigenvalue weighted by Crippen LogP contribution is -2.24. The molecule has 142 valence electrons. The molecule has 0 fully saturated rings. The van der Waals surface area contributed by atoms with Crippen molar-refractivity contribution in [3.63, 3.8) is 0 Å². The Bertz CT molecular complexity index is 872. The predicted octanol–water partition coefficient (Wildman–Crippen LogP) is 2.99. The van der Waals surface area contributed by atoms with E-state index in [9.17, 15) is 20.0 Å². The van der Waals surface area contributed by atoms with Gasteiger partial charge in [-0.3, -0.25) is 14.9 Å². The van der Waals surface area contributed by atoms with Gasteiger partial charge < -0.3 is 14.6 Å². The summed E-state index contributed by atoms with van der Waals surface area (Å²) < 4.78 is 10.9. The Kier molecular flexibility index (Phi) is 7.12. The summed E-state index contributed by atoms with van der Waals surface area (Å²) in [6, 6.07) is 8.61. The number of phenols is 1. The van der Waals surface area contributed by atoms with Gasteiger partial charge >= 0.3 is 0 Å². The quantitative estimate of drug-likeness (QED) is 0.371. The minimum atomic E-state index is -0.531. The number of halogens is 1. The molecule has 0 bridgehead atoms. The summed E-state index contributed by atoms with van der Waals surface area (Å²) >= 11 is 3.15. The fourth-order valence-corrected chi connectivity index (χ4v) is 2.44. The van der Waals surface area contributed by atoms with Crippen LogP contribution in [-0.4, -0.2) is 35.4 Å². The van der Waals surface area contributed by atoms with Gasteiger partial charge in [0.1, 0.15) is 5.75 Å². The number of benzene rings is 2. The van der Waals surface area contributed by atoms with Gasteiger partial charge in [-0.15, -0.1) is 0 Å². The first-order valence-corrected chi connectivity index (χ1v) is 8.54. The van der Waals surface area contributed by atoms with Gasteiger partial charge in [-0.25, -0.2) is 5.43 Å². The Labute approximate surface area is 162 Å². The van der Waals surface area contributed by atoms with Crippen molar-refractivity contribution in [2.45, 2.75) is 6.92 Å². The number of carbonyl (C=O) groups is 1. The molecule has 0 aliphatic rings. The van der Waals surface area contributed by atoms with Gasteiger partial charge in [0.2, 0.25) is 0 Å². The number of hydrogen-bond acceptors (Lipinski definition) is 7. The van der Waals surface area contributed by atoms with E-state index in [1.165, 1.54) is 30.5 Å². The number of aromatic hydroxyl groups is 1. The van der Waals surface area contributed by atoms with Gasteiger partial charge in [0.05, 0.1) is 22.2 Å². The molecule has 0 aromatic heterocycles. The van der Waals surface area contributed by atoms with E-state index < -0.39 is 10.8 Å². The molecule has 0 saturated heterocycles. The monoisotopic (exact) mass is 437 g/mol. The molecule has 27 heavy (non-hydrogen) atoms. The molecular formula is C17H16BrN3O6. The zero-order valence-corrected chi connectivity index (χ0v) is 15.8. The second kappa shape index (κ2) is 9.53. The lowest BCUT2D eigenvalue weighted by atomic mass is 10.2. The molecule has 0 spiro atoms. The molecule has 1 amide bonds. The van der Waals surface area contributed by atoms with Crippen LogP contribution in [0, 0.1) is 10.1 Å². The predicted molar refractivity (Wildman–Crippen MR) is 101 cm³/mol. The van der Waals surface area contributed by atoms with E-state index in [0.717, 1.165) is 0 Å². The van der Waals surface area contributed by atoms with Crippen molar-refractivity contribution in [3.8, 4) is 17.2 Å². The summed E-state index contributed by atoms with van der Waals surface area (Å²) in [7, 11) is 0. The number of hydrazone groups is 1. The molecular weight excluding hydrogens is 422 g/mol. The maximum Gasteiger partial charge on any atom is 0.277 e. The van der Waals surface area contributed by atoms with Crippen LogP contribution in [0.15, 0.2) is 46.0 Å². The number of nitro groups is 1. The molecule has 10 heteroatoms. The number of nitrogens with zero attached hydrogens (tertiary/aromatic N) is 2. The Morgan fingerprint density at radius 1 is 1.30 bits per heavy atom. The standard InChI is InChI=1S/C17H16BrN3O6/c1-2-26-16-7-11(3-5-14(16)22)9-19-20-17(23)10-27-15-6-4-12(21(24)25)8-13(15)18/h3-9,22H,2,10H2,1H3,(H,20,23). The molecule has 0 atom stereocenters. The third-order valence-corrected chi connectivity index (χ3v) is 3.79. The van der Waals surface area contributed by atoms with Crippen LogP contribution in [0.3, 0.4) is 0 Å². The molecule has 0 unspecified atom stereocenters. The fourth-order valence-electron chi connectivity index (χ4n) is 1.96. The lowest BCUT2D eigenvalue weighted by molar-refractivity contribution is -0.384. The first kappa shape index (κ1) is 20.2. The Morgan fingerprint density at radius 2 is 2.07 bits per heavy atom. The molecule has 0 aliphatic heterocycles. The van der Waals surface area contributed by atoms with Gasteiger partial charge in [-0.2, -0.15) is 5.10 Å². The molecule has 2 aromatic carbocycles. The zero-order valence-electron chi connectivity index (χ0n) is 14.2. The van der Waals surface area contributed by atoms with E-state index in [-0.39, 0.29) is 18.0 Å². The number of ether oxygens (including phenoxy) is 2. The number of rotatable bonds is 8. The van der Waals surface area contributed by atoms with Crippen molar-refractivity contribution in [1.29, 1.82) is 0 Å². The normalized spacial score (nSPS) is 10.6. The number of phenolic OH excluding ortho intramolecular Hbond substituents is 1. The van der Waals surface area contributed by atoms with Crippen LogP contribution >= 0.6 is 15.9 Å².